The molecule has 0 aromatic heterocycles. The van der Waals surface area contributed by atoms with Gasteiger partial charge in [-0.1, -0.05) is 64.0 Å². The van der Waals surface area contributed by atoms with E-state index in [9.17, 15) is 32.5 Å². The SMILES string of the molecule is CCCCCCCC/C=C\CCCCCCC(C(=O)[O-])(N1C(=O)CCC1=O)S(=O)(=O)O.[Na+]. The maximum atomic E-state index is 12.0. The van der Waals surface area contributed by atoms with E-state index in [4.69, 9.17) is 0 Å². The molecular formula is C22H36NNaO7S. The van der Waals surface area contributed by atoms with Crippen molar-refractivity contribution < 1.29 is 62.0 Å². The summed E-state index contributed by atoms with van der Waals surface area (Å²) in [6, 6.07) is 0. The van der Waals surface area contributed by atoms with Crippen molar-refractivity contribution in [2.45, 2.75) is 108 Å². The molecule has 32 heavy (non-hydrogen) atoms. The summed E-state index contributed by atoms with van der Waals surface area (Å²) in [5.41, 5.74) is 0. The summed E-state index contributed by atoms with van der Waals surface area (Å²) in [7, 11) is -5.28. The number of carboxylic acid groups (broad SMARTS) is 1. The van der Waals surface area contributed by atoms with Gasteiger partial charge in [-0.25, -0.2) is 0 Å². The second-order valence-electron chi connectivity index (χ2n) is 8.15. The minimum Gasteiger partial charge on any atom is -0.546 e. The van der Waals surface area contributed by atoms with Gasteiger partial charge in [0.25, 0.3) is 10.1 Å². The zero-order chi connectivity index (χ0) is 23.3. The van der Waals surface area contributed by atoms with Crippen molar-refractivity contribution in [3.8, 4) is 0 Å². The van der Waals surface area contributed by atoms with Crippen molar-refractivity contribution >= 4 is 27.9 Å². The number of carboxylic acids is 1. The molecule has 0 spiro atoms. The molecule has 1 fully saturated rings. The van der Waals surface area contributed by atoms with Crippen LogP contribution in [0.3, 0.4) is 0 Å². The molecule has 1 saturated heterocycles. The first-order valence-corrected chi connectivity index (χ1v) is 12.8. The van der Waals surface area contributed by atoms with E-state index in [2.05, 4.69) is 19.1 Å². The number of hydrogen-bond donors (Lipinski definition) is 1. The fourth-order valence-electron chi connectivity index (χ4n) is 3.89. The van der Waals surface area contributed by atoms with E-state index >= 15 is 0 Å². The number of hydrogen-bond acceptors (Lipinski definition) is 6. The minimum atomic E-state index is -5.28. The Kier molecular flexibility index (Phi) is 15.6. The van der Waals surface area contributed by atoms with Gasteiger partial charge in [0.05, 0.1) is 5.97 Å². The quantitative estimate of drug-likeness (QED) is 0.103. The van der Waals surface area contributed by atoms with E-state index in [0.717, 1.165) is 25.7 Å². The van der Waals surface area contributed by atoms with E-state index in [-0.39, 0.29) is 53.7 Å². The third-order valence-corrected chi connectivity index (χ3v) is 7.09. The number of carbonyl (C=O) groups is 3. The molecule has 1 unspecified atom stereocenters. The van der Waals surface area contributed by atoms with Gasteiger partial charge in [0.15, 0.2) is 0 Å². The summed E-state index contributed by atoms with van der Waals surface area (Å²) in [4.78, 5) is 32.8. The van der Waals surface area contributed by atoms with Crippen LogP contribution in [0.15, 0.2) is 12.2 Å². The van der Waals surface area contributed by atoms with Crippen LogP contribution < -0.4 is 34.7 Å². The number of amides is 2. The number of aliphatic carboxylic acids is 1. The number of imide groups is 1. The van der Waals surface area contributed by atoms with Gasteiger partial charge in [-0.3, -0.25) is 19.0 Å². The van der Waals surface area contributed by atoms with Crippen LogP contribution in [-0.4, -0.2) is 40.5 Å². The number of unbranched alkanes of at least 4 members (excludes halogenated alkanes) is 10. The Balaban J connectivity index is 0.00000961. The van der Waals surface area contributed by atoms with E-state index < -0.39 is 39.2 Å². The van der Waals surface area contributed by atoms with Crippen LogP contribution >= 0.6 is 0 Å². The van der Waals surface area contributed by atoms with Crippen molar-refractivity contribution in [1.82, 2.24) is 4.90 Å². The van der Waals surface area contributed by atoms with Crippen LogP contribution in [0.4, 0.5) is 0 Å². The summed E-state index contributed by atoms with van der Waals surface area (Å²) < 4.78 is 33.4. The second-order valence-corrected chi connectivity index (χ2v) is 9.78. The first kappa shape index (κ1) is 31.3. The van der Waals surface area contributed by atoms with Gasteiger partial charge in [0.2, 0.25) is 16.7 Å². The molecule has 8 nitrogen and oxygen atoms in total. The first-order chi connectivity index (χ1) is 14.7. The molecule has 2 amide bonds. The van der Waals surface area contributed by atoms with Gasteiger partial charge in [0.1, 0.15) is 0 Å². The van der Waals surface area contributed by atoms with Crippen molar-refractivity contribution in [3.63, 3.8) is 0 Å². The average Bonchev–Trinajstić information content (AvgIpc) is 3.02. The molecular weight excluding hydrogens is 445 g/mol. The van der Waals surface area contributed by atoms with E-state index in [0.29, 0.717) is 6.42 Å². The first-order valence-electron chi connectivity index (χ1n) is 11.4. The average molecular weight is 482 g/mol. The Morgan fingerprint density at radius 1 is 0.938 bits per heavy atom. The van der Waals surface area contributed by atoms with Crippen LogP contribution in [0.1, 0.15) is 103 Å². The summed E-state index contributed by atoms with van der Waals surface area (Å²) in [6.07, 6.45) is 14.9. The monoisotopic (exact) mass is 481 g/mol. The number of likely N-dealkylation sites (tertiary alicyclic amines) is 1. The number of nitrogens with zero attached hydrogens (tertiary/aromatic N) is 1. The van der Waals surface area contributed by atoms with E-state index in [1.54, 1.807) is 0 Å². The fourth-order valence-corrected chi connectivity index (χ4v) is 4.94. The second kappa shape index (κ2) is 16.0. The molecule has 0 aromatic rings. The molecule has 1 heterocycles. The molecule has 0 aromatic carbocycles. The Morgan fingerprint density at radius 3 is 1.81 bits per heavy atom. The summed E-state index contributed by atoms with van der Waals surface area (Å²) in [5.74, 6) is -4.01. The minimum absolute atomic E-state index is 0. The van der Waals surface area contributed by atoms with Crippen molar-refractivity contribution in [1.29, 1.82) is 0 Å². The molecule has 1 rings (SSSR count). The van der Waals surface area contributed by atoms with Gasteiger partial charge in [-0.15, -0.1) is 0 Å². The van der Waals surface area contributed by atoms with Crippen LogP contribution in [0.2, 0.25) is 0 Å². The maximum Gasteiger partial charge on any atom is 1.00 e. The Labute approximate surface area is 214 Å². The van der Waals surface area contributed by atoms with Gasteiger partial charge in [-0.05, 0) is 38.5 Å². The zero-order valence-corrected chi connectivity index (χ0v) is 22.3. The van der Waals surface area contributed by atoms with E-state index in [1.807, 2.05) is 0 Å². The van der Waals surface area contributed by atoms with Crippen LogP contribution in [0, 0.1) is 0 Å². The van der Waals surface area contributed by atoms with E-state index in [1.165, 1.54) is 38.5 Å². The molecule has 1 aliphatic rings. The smallest absolute Gasteiger partial charge is 0.546 e. The molecule has 1 aliphatic heterocycles. The maximum absolute atomic E-state index is 12.0. The Morgan fingerprint density at radius 2 is 1.38 bits per heavy atom. The van der Waals surface area contributed by atoms with Gasteiger partial charge in [0, 0.05) is 12.8 Å². The Hall–Kier alpha value is -0.740. The third kappa shape index (κ3) is 9.25. The molecule has 178 valence electrons. The molecule has 1 atom stereocenters. The fraction of sp³-hybridized carbons (Fsp3) is 0.773. The zero-order valence-electron chi connectivity index (χ0n) is 19.5. The molecule has 0 saturated carbocycles. The predicted octanol–water partition coefficient (Wildman–Crippen LogP) is 0.121. The molecule has 10 heteroatoms. The largest absolute Gasteiger partial charge is 1.00 e. The number of allylic oxidation sites excluding steroid dienone is 2. The molecule has 0 radical (unpaired) electrons. The molecule has 0 aliphatic carbocycles. The Bertz CT molecular complexity index is 723. The van der Waals surface area contributed by atoms with Crippen LogP contribution in [-0.2, 0) is 24.5 Å². The third-order valence-electron chi connectivity index (χ3n) is 5.69. The van der Waals surface area contributed by atoms with Crippen LogP contribution in [0.5, 0.6) is 0 Å². The van der Waals surface area contributed by atoms with Gasteiger partial charge < -0.3 is 9.90 Å². The number of rotatable bonds is 17. The normalized spacial score (nSPS) is 16.4. The van der Waals surface area contributed by atoms with Crippen molar-refractivity contribution in [2.24, 2.45) is 0 Å². The number of carbonyl (C=O) groups excluding carboxylic acids is 3. The molecule has 1 N–H and O–H groups in total. The van der Waals surface area contributed by atoms with Crippen molar-refractivity contribution in [3.05, 3.63) is 12.2 Å². The summed E-state index contributed by atoms with van der Waals surface area (Å²) in [5, 5.41) is 11.7. The summed E-state index contributed by atoms with van der Waals surface area (Å²) in [6.45, 7) is 2.20. The predicted molar refractivity (Wildman–Crippen MR) is 115 cm³/mol. The molecule has 0 bridgehead atoms. The topological polar surface area (TPSA) is 132 Å². The summed E-state index contributed by atoms with van der Waals surface area (Å²) >= 11 is 0. The van der Waals surface area contributed by atoms with Crippen LogP contribution in [0.25, 0.3) is 0 Å². The van der Waals surface area contributed by atoms with Gasteiger partial charge in [-0.2, -0.15) is 8.42 Å². The van der Waals surface area contributed by atoms with Crippen molar-refractivity contribution in [2.75, 3.05) is 0 Å². The van der Waals surface area contributed by atoms with Gasteiger partial charge >= 0.3 is 29.6 Å². The standard InChI is InChI=1S/C22H37NO7S.Na/c1-2-3-4-5-6-7-8-9-10-11-12-13-14-15-18-22(21(26)27,31(28,29)30)23-19(24)16-17-20(23)25;/h9-10H,2-8,11-18H2,1H3,(H,26,27)(H,28,29,30);/q;+1/p-1/b10-9-;.